The Morgan fingerprint density at radius 1 is 1.11 bits per heavy atom. The van der Waals surface area contributed by atoms with Crippen molar-refractivity contribution in [2.75, 3.05) is 0 Å². The van der Waals surface area contributed by atoms with Gasteiger partial charge < -0.3 is 5.73 Å². The van der Waals surface area contributed by atoms with E-state index in [9.17, 15) is 0 Å². The number of nitrogens with two attached hydrogens (primary N) is 1. The summed E-state index contributed by atoms with van der Waals surface area (Å²) in [6.45, 7) is 0. The van der Waals surface area contributed by atoms with Gasteiger partial charge in [0.2, 0.25) is 0 Å². The maximum absolute atomic E-state index is 6.34. The predicted molar refractivity (Wildman–Crippen MR) is 87.0 cm³/mol. The van der Waals surface area contributed by atoms with Crippen molar-refractivity contribution in [3.05, 3.63) is 68.5 Å². The van der Waals surface area contributed by atoms with Crippen LogP contribution in [0, 0.1) is 0 Å². The molecular formula is C15H11BrClNS. The highest BCUT2D eigenvalue weighted by Gasteiger charge is 2.15. The van der Waals surface area contributed by atoms with Crippen LogP contribution < -0.4 is 5.73 Å². The van der Waals surface area contributed by atoms with Crippen LogP contribution in [0.5, 0.6) is 0 Å². The molecule has 96 valence electrons. The van der Waals surface area contributed by atoms with Crippen molar-refractivity contribution >= 4 is 49.0 Å². The van der Waals surface area contributed by atoms with Crippen LogP contribution in [-0.2, 0) is 0 Å². The van der Waals surface area contributed by atoms with Crippen LogP contribution in [0.1, 0.15) is 16.5 Å². The standard InChI is InChI=1S/C15H11BrClNS/c16-11-6-3-4-9-8-13(19-15(9)11)14(18)10-5-1-2-7-12(10)17/h1-8,14H,18H2/t14-/m1/s1. The number of hydrogen-bond acceptors (Lipinski definition) is 2. The van der Waals surface area contributed by atoms with E-state index in [2.05, 4.69) is 28.1 Å². The Balaban J connectivity index is 2.10. The number of thiophene rings is 1. The van der Waals surface area contributed by atoms with E-state index in [1.165, 1.54) is 10.1 Å². The molecule has 1 aromatic heterocycles. The second-order valence-electron chi connectivity index (χ2n) is 4.31. The third kappa shape index (κ3) is 2.43. The fraction of sp³-hybridized carbons (Fsp3) is 0.0667. The first-order valence-electron chi connectivity index (χ1n) is 5.85. The Bertz CT molecular complexity index is 738. The van der Waals surface area contributed by atoms with E-state index in [1.54, 1.807) is 11.3 Å². The van der Waals surface area contributed by atoms with Crippen molar-refractivity contribution in [2.45, 2.75) is 6.04 Å². The van der Waals surface area contributed by atoms with Gasteiger partial charge in [-0.05, 0) is 45.1 Å². The highest BCUT2D eigenvalue weighted by Crippen LogP contribution is 2.37. The van der Waals surface area contributed by atoms with Crippen LogP contribution in [0.2, 0.25) is 5.02 Å². The Labute approximate surface area is 129 Å². The first kappa shape index (κ1) is 13.1. The molecule has 0 aliphatic rings. The molecule has 0 aliphatic carbocycles. The normalized spacial score (nSPS) is 12.8. The molecule has 19 heavy (non-hydrogen) atoms. The summed E-state index contributed by atoms with van der Waals surface area (Å²) >= 11 is 11.5. The molecule has 0 saturated heterocycles. The van der Waals surface area contributed by atoms with Crippen molar-refractivity contribution in [1.29, 1.82) is 0 Å². The Hall–Kier alpha value is -0.870. The molecule has 0 amide bonds. The molecule has 3 rings (SSSR count). The minimum Gasteiger partial charge on any atom is -0.320 e. The molecule has 0 aliphatic heterocycles. The fourth-order valence-corrected chi connectivity index (χ4v) is 4.04. The number of hydrogen-bond donors (Lipinski definition) is 1. The van der Waals surface area contributed by atoms with E-state index in [4.69, 9.17) is 17.3 Å². The van der Waals surface area contributed by atoms with Gasteiger partial charge in [-0.3, -0.25) is 0 Å². The van der Waals surface area contributed by atoms with Crippen molar-refractivity contribution < 1.29 is 0 Å². The molecule has 1 nitrogen and oxygen atoms in total. The summed E-state index contributed by atoms with van der Waals surface area (Å²) in [7, 11) is 0. The number of fused-ring (bicyclic) bond motifs is 1. The van der Waals surface area contributed by atoms with Gasteiger partial charge in [0.05, 0.1) is 6.04 Å². The predicted octanol–water partition coefficient (Wildman–Crippen LogP) is 5.37. The molecule has 0 radical (unpaired) electrons. The molecule has 2 N–H and O–H groups in total. The summed E-state index contributed by atoms with van der Waals surface area (Å²) in [5, 5.41) is 1.92. The molecule has 0 saturated carbocycles. The van der Waals surface area contributed by atoms with Gasteiger partial charge in [0.25, 0.3) is 0 Å². The van der Waals surface area contributed by atoms with Crippen LogP contribution in [0.3, 0.4) is 0 Å². The number of rotatable bonds is 2. The second-order valence-corrected chi connectivity index (χ2v) is 6.65. The van der Waals surface area contributed by atoms with Crippen molar-refractivity contribution in [3.63, 3.8) is 0 Å². The minimum absolute atomic E-state index is 0.182. The molecule has 0 bridgehead atoms. The lowest BCUT2D eigenvalue weighted by Crippen LogP contribution is -2.10. The van der Waals surface area contributed by atoms with E-state index in [1.807, 2.05) is 36.4 Å². The molecule has 2 aromatic carbocycles. The zero-order chi connectivity index (χ0) is 13.4. The summed E-state index contributed by atoms with van der Waals surface area (Å²) in [6, 6.07) is 15.9. The van der Waals surface area contributed by atoms with E-state index in [0.29, 0.717) is 5.02 Å². The Morgan fingerprint density at radius 3 is 2.63 bits per heavy atom. The first-order chi connectivity index (χ1) is 9.16. The Kier molecular flexibility index (Phi) is 3.63. The monoisotopic (exact) mass is 351 g/mol. The quantitative estimate of drug-likeness (QED) is 0.659. The molecule has 4 heteroatoms. The maximum atomic E-state index is 6.34. The zero-order valence-electron chi connectivity index (χ0n) is 9.94. The fourth-order valence-electron chi connectivity index (χ4n) is 2.08. The lowest BCUT2D eigenvalue weighted by molar-refractivity contribution is 0.894. The minimum atomic E-state index is -0.182. The van der Waals surface area contributed by atoms with E-state index >= 15 is 0 Å². The third-order valence-corrected chi connectivity index (χ3v) is 5.60. The summed E-state index contributed by atoms with van der Waals surface area (Å²) in [5.41, 5.74) is 7.31. The summed E-state index contributed by atoms with van der Waals surface area (Å²) in [6.07, 6.45) is 0. The van der Waals surface area contributed by atoms with Gasteiger partial charge in [0.15, 0.2) is 0 Å². The molecule has 0 fully saturated rings. The topological polar surface area (TPSA) is 26.0 Å². The van der Waals surface area contributed by atoms with Gasteiger partial charge in [-0.15, -0.1) is 11.3 Å². The van der Waals surface area contributed by atoms with E-state index < -0.39 is 0 Å². The van der Waals surface area contributed by atoms with Gasteiger partial charge in [-0.25, -0.2) is 0 Å². The smallest absolute Gasteiger partial charge is 0.0661 e. The summed E-state index contributed by atoms with van der Waals surface area (Å²) in [4.78, 5) is 1.12. The second kappa shape index (κ2) is 5.25. The van der Waals surface area contributed by atoms with Gasteiger partial charge in [0.1, 0.15) is 0 Å². The van der Waals surface area contributed by atoms with Crippen LogP contribution in [0.4, 0.5) is 0 Å². The van der Waals surface area contributed by atoms with E-state index in [-0.39, 0.29) is 6.04 Å². The van der Waals surface area contributed by atoms with Gasteiger partial charge >= 0.3 is 0 Å². The van der Waals surface area contributed by atoms with Crippen LogP contribution in [0.25, 0.3) is 10.1 Å². The average Bonchev–Trinajstić information content (AvgIpc) is 2.84. The lowest BCUT2D eigenvalue weighted by Gasteiger charge is -2.11. The van der Waals surface area contributed by atoms with Crippen LogP contribution in [0.15, 0.2) is 53.0 Å². The highest BCUT2D eigenvalue weighted by atomic mass is 79.9. The SMILES string of the molecule is N[C@@H](c1cc2cccc(Br)c2s1)c1ccccc1Cl. The molecule has 0 spiro atoms. The van der Waals surface area contributed by atoms with Gasteiger partial charge in [-0.1, -0.05) is 41.9 Å². The van der Waals surface area contributed by atoms with Crippen molar-refractivity contribution in [1.82, 2.24) is 0 Å². The van der Waals surface area contributed by atoms with Crippen LogP contribution in [-0.4, -0.2) is 0 Å². The Morgan fingerprint density at radius 2 is 1.89 bits per heavy atom. The highest BCUT2D eigenvalue weighted by molar-refractivity contribution is 9.10. The zero-order valence-corrected chi connectivity index (χ0v) is 13.1. The van der Waals surface area contributed by atoms with E-state index in [0.717, 1.165) is 14.9 Å². The number of halogens is 2. The average molecular weight is 353 g/mol. The van der Waals surface area contributed by atoms with Gasteiger partial charge in [0, 0.05) is 19.1 Å². The van der Waals surface area contributed by atoms with Crippen LogP contribution >= 0.6 is 38.9 Å². The molecular weight excluding hydrogens is 342 g/mol. The number of benzene rings is 2. The lowest BCUT2D eigenvalue weighted by atomic mass is 10.1. The molecule has 0 unspecified atom stereocenters. The maximum Gasteiger partial charge on any atom is 0.0661 e. The third-order valence-electron chi connectivity index (χ3n) is 3.06. The van der Waals surface area contributed by atoms with Crippen molar-refractivity contribution in [3.8, 4) is 0 Å². The molecule has 1 atom stereocenters. The molecule has 1 heterocycles. The molecule has 3 aromatic rings. The van der Waals surface area contributed by atoms with Gasteiger partial charge in [-0.2, -0.15) is 0 Å². The first-order valence-corrected chi connectivity index (χ1v) is 7.83. The summed E-state index contributed by atoms with van der Waals surface area (Å²) in [5.74, 6) is 0. The van der Waals surface area contributed by atoms with Crippen molar-refractivity contribution in [2.24, 2.45) is 5.73 Å². The largest absolute Gasteiger partial charge is 0.320 e. The summed E-state index contributed by atoms with van der Waals surface area (Å²) < 4.78 is 2.33.